The van der Waals surface area contributed by atoms with Crippen LogP contribution in [0.5, 0.6) is 5.75 Å². The highest BCUT2D eigenvalue weighted by molar-refractivity contribution is 5.33. The van der Waals surface area contributed by atoms with E-state index < -0.39 is 0 Å². The summed E-state index contributed by atoms with van der Waals surface area (Å²) < 4.78 is 6.25. The minimum absolute atomic E-state index is 0.424. The van der Waals surface area contributed by atoms with Crippen LogP contribution < -0.4 is 10.1 Å². The molecule has 1 aromatic rings. The lowest BCUT2D eigenvalue weighted by atomic mass is 9.97. The van der Waals surface area contributed by atoms with Crippen LogP contribution in [0.15, 0.2) is 24.3 Å². The molecule has 1 aromatic carbocycles. The fourth-order valence-electron chi connectivity index (χ4n) is 2.78. The fourth-order valence-corrected chi connectivity index (χ4v) is 2.78. The van der Waals surface area contributed by atoms with E-state index in [2.05, 4.69) is 41.5 Å². The van der Waals surface area contributed by atoms with Gasteiger partial charge in [-0.2, -0.15) is 0 Å². The van der Waals surface area contributed by atoms with Crippen LogP contribution in [0.25, 0.3) is 0 Å². The number of rotatable bonds is 7. The summed E-state index contributed by atoms with van der Waals surface area (Å²) in [4.78, 5) is 2.33. The lowest BCUT2D eigenvalue weighted by molar-refractivity contribution is 0.152. The number of nitrogens with one attached hydrogen (secondary N) is 1. The Morgan fingerprint density at radius 3 is 2.70 bits per heavy atom. The molecule has 0 heterocycles. The standard InChI is InChI=1S/C17H28N2O/c1-18-12-13-19(2)14-15-8-6-7-11-17(15)20-16-9-4-3-5-10-16/h6-8,11,16,18H,3-5,9-10,12-14H2,1-2H3. The van der Waals surface area contributed by atoms with Gasteiger partial charge in [-0.25, -0.2) is 0 Å². The van der Waals surface area contributed by atoms with Gasteiger partial charge in [0.2, 0.25) is 0 Å². The Balaban J connectivity index is 1.94. The zero-order valence-electron chi connectivity index (χ0n) is 12.9. The van der Waals surface area contributed by atoms with Crippen molar-refractivity contribution in [3.8, 4) is 5.75 Å². The molecule has 0 bridgehead atoms. The number of hydrogen-bond donors (Lipinski definition) is 1. The van der Waals surface area contributed by atoms with Crippen LogP contribution in [0.1, 0.15) is 37.7 Å². The minimum atomic E-state index is 0.424. The van der Waals surface area contributed by atoms with E-state index in [-0.39, 0.29) is 0 Å². The molecule has 3 heteroatoms. The van der Waals surface area contributed by atoms with Gasteiger partial charge in [0.15, 0.2) is 0 Å². The lowest BCUT2D eigenvalue weighted by Gasteiger charge is -2.25. The van der Waals surface area contributed by atoms with Crippen LogP contribution in [0.3, 0.4) is 0 Å². The summed E-state index contributed by atoms with van der Waals surface area (Å²) in [6, 6.07) is 8.49. The summed E-state index contributed by atoms with van der Waals surface area (Å²) in [6.07, 6.45) is 6.85. The molecule has 0 atom stereocenters. The number of ether oxygens (including phenoxy) is 1. The van der Waals surface area contributed by atoms with Crippen LogP contribution in [-0.4, -0.2) is 38.2 Å². The molecule has 0 radical (unpaired) electrons. The van der Waals surface area contributed by atoms with E-state index in [1.807, 2.05) is 7.05 Å². The molecule has 112 valence electrons. The molecule has 2 rings (SSSR count). The summed E-state index contributed by atoms with van der Waals surface area (Å²) in [5.41, 5.74) is 1.30. The molecule has 0 saturated heterocycles. The smallest absolute Gasteiger partial charge is 0.124 e. The molecular weight excluding hydrogens is 248 g/mol. The van der Waals surface area contributed by atoms with Crippen molar-refractivity contribution >= 4 is 0 Å². The van der Waals surface area contributed by atoms with Crippen molar-refractivity contribution in [1.29, 1.82) is 0 Å². The second-order valence-corrected chi connectivity index (χ2v) is 5.83. The van der Waals surface area contributed by atoms with Crippen molar-refractivity contribution < 1.29 is 4.74 Å². The van der Waals surface area contributed by atoms with Gasteiger partial charge in [0, 0.05) is 25.2 Å². The van der Waals surface area contributed by atoms with Gasteiger partial charge in [-0.3, -0.25) is 0 Å². The van der Waals surface area contributed by atoms with E-state index in [0.29, 0.717) is 6.10 Å². The number of nitrogens with zero attached hydrogens (tertiary/aromatic N) is 1. The third kappa shape index (κ3) is 4.80. The summed E-state index contributed by atoms with van der Waals surface area (Å²) in [7, 11) is 4.16. The molecule has 0 aliphatic heterocycles. The summed E-state index contributed by atoms with van der Waals surface area (Å²) in [5, 5.41) is 3.19. The van der Waals surface area contributed by atoms with Crippen LogP contribution in [0.4, 0.5) is 0 Å². The monoisotopic (exact) mass is 276 g/mol. The molecule has 1 aliphatic carbocycles. The van der Waals surface area contributed by atoms with Gasteiger partial charge in [0.25, 0.3) is 0 Å². The zero-order chi connectivity index (χ0) is 14.2. The van der Waals surface area contributed by atoms with E-state index in [0.717, 1.165) is 25.4 Å². The molecule has 1 aliphatic rings. The average molecular weight is 276 g/mol. The first-order valence-electron chi connectivity index (χ1n) is 7.87. The first-order valence-corrected chi connectivity index (χ1v) is 7.87. The summed E-state index contributed by atoms with van der Waals surface area (Å²) >= 11 is 0. The van der Waals surface area contributed by atoms with Gasteiger partial charge in [-0.15, -0.1) is 0 Å². The highest BCUT2D eigenvalue weighted by Crippen LogP contribution is 2.26. The topological polar surface area (TPSA) is 24.5 Å². The molecular formula is C17H28N2O. The maximum absolute atomic E-state index is 6.25. The average Bonchev–Trinajstić information content (AvgIpc) is 2.48. The summed E-state index contributed by atoms with van der Waals surface area (Å²) in [6.45, 7) is 3.01. The van der Waals surface area contributed by atoms with Crippen molar-refractivity contribution in [3.63, 3.8) is 0 Å². The van der Waals surface area contributed by atoms with Gasteiger partial charge in [-0.05, 0) is 45.8 Å². The maximum atomic E-state index is 6.25. The molecule has 0 spiro atoms. The van der Waals surface area contributed by atoms with E-state index >= 15 is 0 Å². The molecule has 1 saturated carbocycles. The van der Waals surface area contributed by atoms with Crippen molar-refractivity contribution in [2.75, 3.05) is 27.2 Å². The maximum Gasteiger partial charge on any atom is 0.124 e. The normalized spacial score (nSPS) is 16.6. The highest BCUT2D eigenvalue weighted by atomic mass is 16.5. The van der Waals surface area contributed by atoms with Gasteiger partial charge in [0.1, 0.15) is 5.75 Å². The molecule has 0 aromatic heterocycles. The third-order valence-electron chi connectivity index (χ3n) is 4.00. The highest BCUT2D eigenvalue weighted by Gasteiger charge is 2.16. The van der Waals surface area contributed by atoms with Crippen LogP contribution in [0.2, 0.25) is 0 Å². The fraction of sp³-hybridized carbons (Fsp3) is 0.647. The number of likely N-dealkylation sites (N-methyl/N-ethyl adjacent to an activating group) is 2. The third-order valence-corrected chi connectivity index (χ3v) is 4.00. The van der Waals surface area contributed by atoms with E-state index in [1.54, 1.807) is 0 Å². The predicted octanol–water partition coefficient (Wildman–Crippen LogP) is 3.05. The van der Waals surface area contributed by atoms with E-state index in [1.165, 1.54) is 37.7 Å². The number of hydrogen-bond acceptors (Lipinski definition) is 3. The molecule has 1 N–H and O–H groups in total. The first-order chi connectivity index (χ1) is 9.79. The molecule has 0 unspecified atom stereocenters. The SMILES string of the molecule is CNCCN(C)Cc1ccccc1OC1CCCCC1. The number of para-hydroxylation sites is 1. The van der Waals surface area contributed by atoms with Crippen molar-refractivity contribution in [3.05, 3.63) is 29.8 Å². The van der Waals surface area contributed by atoms with Gasteiger partial charge < -0.3 is 15.0 Å². The quantitative estimate of drug-likeness (QED) is 0.828. The lowest BCUT2D eigenvalue weighted by Crippen LogP contribution is -2.27. The molecule has 20 heavy (non-hydrogen) atoms. The Bertz CT molecular complexity index is 388. The largest absolute Gasteiger partial charge is 0.490 e. The summed E-state index contributed by atoms with van der Waals surface area (Å²) in [5.74, 6) is 1.08. The van der Waals surface area contributed by atoms with Crippen molar-refractivity contribution in [1.82, 2.24) is 10.2 Å². The Labute approximate surface area is 123 Å². The first kappa shape index (κ1) is 15.3. The minimum Gasteiger partial charge on any atom is -0.490 e. The Hall–Kier alpha value is -1.06. The Morgan fingerprint density at radius 2 is 1.95 bits per heavy atom. The van der Waals surface area contributed by atoms with Crippen molar-refractivity contribution in [2.45, 2.75) is 44.8 Å². The second kappa shape index (κ2) is 8.28. The van der Waals surface area contributed by atoms with Crippen LogP contribution in [0, 0.1) is 0 Å². The van der Waals surface area contributed by atoms with Gasteiger partial charge in [-0.1, -0.05) is 24.6 Å². The number of benzene rings is 1. The van der Waals surface area contributed by atoms with Gasteiger partial charge >= 0.3 is 0 Å². The van der Waals surface area contributed by atoms with E-state index in [4.69, 9.17) is 4.74 Å². The Morgan fingerprint density at radius 1 is 1.20 bits per heavy atom. The molecule has 0 amide bonds. The predicted molar refractivity (Wildman–Crippen MR) is 84.2 cm³/mol. The van der Waals surface area contributed by atoms with Crippen LogP contribution >= 0.6 is 0 Å². The zero-order valence-corrected chi connectivity index (χ0v) is 12.9. The van der Waals surface area contributed by atoms with Crippen molar-refractivity contribution in [2.24, 2.45) is 0 Å². The second-order valence-electron chi connectivity index (χ2n) is 5.83. The van der Waals surface area contributed by atoms with Crippen LogP contribution in [-0.2, 0) is 6.54 Å². The Kier molecular flexibility index (Phi) is 6.34. The molecule has 3 nitrogen and oxygen atoms in total. The van der Waals surface area contributed by atoms with E-state index in [9.17, 15) is 0 Å². The molecule has 1 fully saturated rings. The van der Waals surface area contributed by atoms with Gasteiger partial charge in [0.05, 0.1) is 6.10 Å².